The number of rotatable bonds is 8. The third-order valence-electron chi connectivity index (χ3n) is 4.35. The number of hydrogen-bond donors (Lipinski definition) is 0. The average Bonchev–Trinajstić information content (AvgIpc) is 3.14. The molecule has 3 aromatic rings. The van der Waals surface area contributed by atoms with Gasteiger partial charge in [-0.05, 0) is 25.1 Å². The number of ether oxygens (including phenoxy) is 4. The molecule has 2 aromatic carbocycles. The van der Waals surface area contributed by atoms with Crippen LogP contribution in [-0.2, 0) is 20.9 Å². The van der Waals surface area contributed by atoms with Gasteiger partial charge in [-0.3, -0.25) is 0 Å². The van der Waals surface area contributed by atoms with Crippen LogP contribution in [0.4, 0.5) is 0 Å². The van der Waals surface area contributed by atoms with E-state index in [1.165, 1.54) is 20.3 Å². The van der Waals surface area contributed by atoms with Crippen molar-refractivity contribution in [3.05, 3.63) is 65.4 Å². The summed E-state index contributed by atoms with van der Waals surface area (Å²) in [6, 6.07) is 12.5. The van der Waals surface area contributed by atoms with Gasteiger partial charge in [-0.2, -0.15) is 0 Å². The minimum Gasteiger partial charge on any atom is -0.493 e. The molecule has 30 heavy (non-hydrogen) atoms. The second-order valence-corrected chi connectivity index (χ2v) is 6.15. The summed E-state index contributed by atoms with van der Waals surface area (Å²) >= 11 is 0. The van der Waals surface area contributed by atoms with Gasteiger partial charge < -0.3 is 23.4 Å². The van der Waals surface area contributed by atoms with Crippen molar-refractivity contribution in [2.45, 2.75) is 13.5 Å². The lowest BCUT2D eigenvalue weighted by molar-refractivity contribution is -0.138. The number of para-hydroxylation sites is 2. The summed E-state index contributed by atoms with van der Waals surface area (Å²) in [4.78, 5) is 24.5. The number of methoxy groups -OCH3 is 2. The van der Waals surface area contributed by atoms with E-state index in [9.17, 15) is 9.59 Å². The van der Waals surface area contributed by atoms with Crippen LogP contribution in [0.25, 0.3) is 17.0 Å². The van der Waals surface area contributed by atoms with E-state index in [-0.39, 0.29) is 19.0 Å². The van der Waals surface area contributed by atoms with Gasteiger partial charge in [-0.25, -0.2) is 9.59 Å². The first-order valence-corrected chi connectivity index (χ1v) is 9.32. The first-order chi connectivity index (χ1) is 14.6. The molecule has 0 spiro atoms. The third kappa shape index (κ3) is 4.46. The molecule has 0 aliphatic rings. The van der Waals surface area contributed by atoms with Crippen LogP contribution in [-0.4, -0.2) is 32.8 Å². The molecule has 0 N–H and O–H groups in total. The van der Waals surface area contributed by atoms with Gasteiger partial charge >= 0.3 is 11.9 Å². The highest BCUT2D eigenvalue weighted by atomic mass is 16.5. The molecule has 0 atom stereocenters. The standard InChI is InChI=1S/C23H22O7/c1-4-28-23(25)22-17(16-9-5-6-10-18(16)30-22)14-29-20(24)13-12-15-8-7-11-19(26-2)21(15)27-3/h5-13H,4,14H2,1-3H3/b13-12+. The highest BCUT2D eigenvalue weighted by molar-refractivity contribution is 5.96. The van der Waals surface area contributed by atoms with Crippen molar-refractivity contribution in [3.8, 4) is 11.5 Å². The number of fused-ring (bicyclic) bond motifs is 1. The Morgan fingerprint density at radius 1 is 1.00 bits per heavy atom. The van der Waals surface area contributed by atoms with E-state index in [1.807, 2.05) is 6.07 Å². The zero-order chi connectivity index (χ0) is 21.5. The number of esters is 2. The van der Waals surface area contributed by atoms with Crippen LogP contribution in [0.5, 0.6) is 11.5 Å². The molecular formula is C23H22O7. The van der Waals surface area contributed by atoms with Crippen molar-refractivity contribution in [2.24, 2.45) is 0 Å². The third-order valence-corrected chi connectivity index (χ3v) is 4.35. The number of carbonyl (C=O) groups excluding carboxylic acids is 2. The molecule has 0 unspecified atom stereocenters. The van der Waals surface area contributed by atoms with E-state index >= 15 is 0 Å². The quantitative estimate of drug-likeness (QED) is 0.402. The van der Waals surface area contributed by atoms with Crippen molar-refractivity contribution in [1.82, 2.24) is 0 Å². The maximum absolute atomic E-state index is 12.3. The molecule has 1 heterocycles. The van der Waals surface area contributed by atoms with Gasteiger partial charge in [-0.15, -0.1) is 0 Å². The van der Waals surface area contributed by atoms with E-state index in [1.54, 1.807) is 49.4 Å². The molecule has 0 amide bonds. The Balaban J connectivity index is 1.78. The topological polar surface area (TPSA) is 84.2 Å². The van der Waals surface area contributed by atoms with Gasteiger partial charge in [0.2, 0.25) is 5.76 Å². The van der Waals surface area contributed by atoms with Gasteiger partial charge in [0.25, 0.3) is 0 Å². The summed E-state index contributed by atoms with van der Waals surface area (Å²) in [6.07, 6.45) is 2.85. The average molecular weight is 410 g/mol. The second-order valence-electron chi connectivity index (χ2n) is 6.15. The fraction of sp³-hybridized carbons (Fsp3) is 0.217. The number of benzene rings is 2. The fourth-order valence-electron chi connectivity index (χ4n) is 3.00. The molecule has 1 aromatic heterocycles. The van der Waals surface area contributed by atoms with Crippen molar-refractivity contribution < 1.29 is 33.0 Å². The minimum absolute atomic E-state index is 0.0318. The lowest BCUT2D eigenvalue weighted by Gasteiger charge is -2.09. The predicted molar refractivity (Wildman–Crippen MR) is 111 cm³/mol. The number of hydrogen-bond acceptors (Lipinski definition) is 7. The van der Waals surface area contributed by atoms with Crippen LogP contribution >= 0.6 is 0 Å². The minimum atomic E-state index is -0.601. The van der Waals surface area contributed by atoms with Crippen LogP contribution in [0.2, 0.25) is 0 Å². The first kappa shape index (κ1) is 21.0. The van der Waals surface area contributed by atoms with E-state index in [0.29, 0.717) is 33.6 Å². The molecule has 3 rings (SSSR count). The summed E-state index contributed by atoms with van der Waals surface area (Å²) in [7, 11) is 3.06. The summed E-state index contributed by atoms with van der Waals surface area (Å²) < 4.78 is 26.6. The molecule has 0 aliphatic heterocycles. The summed E-state index contributed by atoms with van der Waals surface area (Å²) in [5, 5.41) is 0.687. The van der Waals surface area contributed by atoms with E-state index in [2.05, 4.69) is 0 Å². The second kappa shape index (κ2) is 9.65. The van der Waals surface area contributed by atoms with Gasteiger partial charge in [0, 0.05) is 17.0 Å². The van der Waals surface area contributed by atoms with E-state index in [4.69, 9.17) is 23.4 Å². The Morgan fingerprint density at radius 3 is 2.53 bits per heavy atom. The van der Waals surface area contributed by atoms with Gasteiger partial charge in [0.1, 0.15) is 12.2 Å². The Morgan fingerprint density at radius 2 is 1.80 bits per heavy atom. The van der Waals surface area contributed by atoms with Crippen LogP contribution in [0, 0.1) is 0 Å². The highest BCUT2D eigenvalue weighted by Gasteiger charge is 2.22. The molecule has 0 fully saturated rings. The van der Waals surface area contributed by atoms with Crippen molar-refractivity contribution in [3.63, 3.8) is 0 Å². The Labute approximate surface area is 173 Å². The summed E-state index contributed by atoms with van der Waals surface area (Å²) in [5.41, 5.74) is 1.64. The fourth-order valence-corrected chi connectivity index (χ4v) is 3.00. The predicted octanol–water partition coefficient (Wildman–Crippen LogP) is 4.38. The van der Waals surface area contributed by atoms with Crippen LogP contribution in [0.1, 0.15) is 28.6 Å². The zero-order valence-corrected chi connectivity index (χ0v) is 17.0. The summed E-state index contributed by atoms with van der Waals surface area (Å²) in [6.45, 7) is 1.78. The number of furan rings is 1. The van der Waals surface area contributed by atoms with E-state index in [0.717, 1.165) is 0 Å². The monoisotopic (exact) mass is 410 g/mol. The normalized spacial score (nSPS) is 10.9. The molecule has 156 valence electrons. The Bertz CT molecular complexity index is 1080. The molecule has 0 aliphatic carbocycles. The van der Waals surface area contributed by atoms with Crippen molar-refractivity contribution in [1.29, 1.82) is 0 Å². The Kier molecular flexibility index (Phi) is 6.75. The molecule has 0 saturated carbocycles. The first-order valence-electron chi connectivity index (χ1n) is 9.32. The summed E-state index contributed by atoms with van der Waals surface area (Å²) in [5.74, 6) is -0.0906. The maximum atomic E-state index is 12.3. The highest BCUT2D eigenvalue weighted by Crippen LogP contribution is 2.31. The van der Waals surface area contributed by atoms with Gasteiger partial charge in [0.05, 0.1) is 26.4 Å². The zero-order valence-electron chi connectivity index (χ0n) is 17.0. The van der Waals surface area contributed by atoms with Gasteiger partial charge in [-0.1, -0.05) is 30.3 Å². The van der Waals surface area contributed by atoms with Crippen LogP contribution < -0.4 is 9.47 Å². The molecule has 7 nitrogen and oxygen atoms in total. The van der Waals surface area contributed by atoms with Crippen molar-refractivity contribution >= 4 is 29.0 Å². The lowest BCUT2D eigenvalue weighted by atomic mass is 10.1. The molecule has 0 bridgehead atoms. The molecular weight excluding hydrogens is 388 g/mol. The van der Waals surface area contributed by atoms with Crippen LogP contribution in [0.15, 0.2) is 53.0 Å². The van der Waals surface area contributed by atoms with E-state index < -0.39 is 11.9 Å². The molecule has 0 radical (unpaired) electrons. The lowest BCUT2D eigenvalue weighted by Crippen LogP contribution is -2.08. The smallest absolute Gasteiger partial charge is 0.374 e. The largest absolute Gasteiger partial charge is 0.493 e. The molecule has 0 saturated heterocycles. The number of carbonyl (C=O) groups is 2. The Hall–Kier alpha value is -3.74. The van der Waals surface area contributed by atoms with Gasteiger partial charge in [0.15, 0.2) is 11.5 Å². The molecule has 7 heteroatoms. The van der Waals surface area contributed by atoms with Crippen molar-refractivity contribution in [2.75, 3.05) is 20.8 Å². The maximum Gasteiger partial charge on any atom is 0.374 e. The SMILES string of the molecule is CCOC(=O)c1oc2ccccc2c1COC(=O)/C=C/c1cccc(OC)c1OC. The van der Waals surface area contributed by atoms with Crippen LogP contribution in [0.3, 0.4) is 0 Å².